The van der Waals surface area contributed by atoms with E-state index in [1.165, 1.54) is 12.1 Å². The molecule has 158 valence electrons. The van der Waals surface area contributed by atoms with Gasteiger partial charge in [0.15, 0.2) is 6.61 Å². The molecule has 0 bridgehead atoms. The van der Waals surface area contributed by atoms with E-state index in [2.05, 4.69) is 4.98 Å². The molecule has 1 aromatic heterocycles. The van der Waals surface area contributed by atoms with Crippen molar-refractivity contribution in [2.75, 3.05) is 13.7 Å². The molecule has 0 aliphatic carbocycles. The van der Waals surface area contributed by atoms with Crippen LogP contribution >= 0.6 is 11.3 Å². The lowest BCUT2D eigenvalue weighted by Gasteiger charge is -2.08. The summed E-state index contributed by atoms with van der Waals surface area (Å²) in [6, 6.07) is 20.3. The number of fused-ring (bicyclic) bond motifs is 1. The van der Waals surface area contributed by atoms with Crippen molar-refractivity contribution in [2.45, 2.75) is 6.18 Å². The lowest BCUT2D eigenvalue weighted by Crippen LogP contribution is -2.19. The third-order valence-corrected chi connectivity index (χ3v) is 5.57. The summed E-state index contributed by atoms with van der Waals surface area (Å²) < 4.78 is 47.7. The number of alkyl halides is 3. The van der Waals surface area contributed by atoms with Crippen LogP contribution in [0, 0.1) is 0 Å². The lowest BCUT2D eigenvalue weighted by atomic mass is 10.1. The molecule has 0 radical (unpaired) electrons. The van der Waals surface area contributed by atoms with Gasteiger partial charge in [0, 0.05) is 5.56 Å². The van der Waals surface area contributed by atoms with E-state index in [0.717, 1.165) is 37.7 Å². The Kier molecular flexibility index (Phi) is 5.95. The first kappa shape index (κ1) is 20.9. The summed E-state index contributed by atoms with van der Waals surface area (Å²) in [5.74, 6) is 0.996. The monoisotopic (exact) mass is 441 g/mol. The third-order valence-electron chi connectivity index (χ3n) is 4.50. The summed E-state index contributed by atoms with van der Waals surface area (Å²) in [7, 11) is 1.64. The van der Waals surface area contributed by atoms with E-state index in [-0.39, 0.29) is 5.75 Å². The minimum Gasteiger partial charge on any atom is -0.497 e. The zero-order valence-corrected chi connectivity index (χ0v) is 17.3. The number of benzene rings is 3. The fourth-order valence-electron chi connectivity index (χ4n) is 2.92. The molecule has 0 amide bonds. The molecule has 0 atom stereocenters. The Hall–Kier alpha value is -3.32. The molecule has 4 aromatic rings. The molecule has 4 rings (SSSR count). The SMILES string of the molecule is COc1ccc2nc(-c3ccc(C=Cc4ccc(OCC(F)(F)F)cc4)cc3)sc2c1. The van der Waals surface area contributed by atoms with Gasteiger partial charge in [-0.2, -0.15) is 13.2 Å². The molecule has 0 spiro atoms. The van der Waals surface area contributed by atoms with Crippen LogP contribution in [0.3, 0.4) is 0 Å². The van der Waals surface area contributed by atoms with Gasteiger partial charge in [0.1, 0.15) is 16.5 Å². The topological polar surface area (TPSA) is 31.4 Å². The van der Waals surface area contributed by atoms with E-state index < -0.39 is 12.8 Å². The summed E-state index contributed by atoms with van der Waals surface area (Å²) in [4.78, 5) is 4.68. The van der Waals surface area contributed by atoms with Crippen molar-refractivity contribution in [1.82, 2.24) is 4.98 Å². The minimum atomic E-state index is -4.34. The van der Waals surface area contributed by atoms with Gasteiger partial charge >= 0.3 is 6.18 Å². The van der Waals surface area contributed by atoms with Crippen LogP contribution in [0.15, 0.2) is 66.7 Å². The molecular weight excluding hydrogens is 423 g/mol. The molecule has 0 aliphatic heterocycles. The van der Waals surface area contributed by atoms with Gasteiger partial charge < -0.3 is 9.47 Å². The summed E-state index contributed by atoms with van der Waals surface area (Å²) in [6.45, 7) is -1.29. The van der Waals surface area contributed by atoms with Crippen molar-refractivity contribution in [3.05, 3.63) is 77.9 Å². The van der Waals surface area contributed by atoms with E-state index in [1.54, 1.807) is 30.6 Å². The van der Waals surface area contributed by atoms with Gasteiger partial charge in [0.2, 0.25) is 0 Å². The van der Waals surface area contributed by atoms with Crippen LogP contribution in [0.2, 0.25) is 0 Å². The van der Waals surface area contributed by atoms with E-state index >= 15 is 0 Å². The van der Waals surface area contributed by atoms with Crippen molar-refractivity contribution in [3.8, 4) is 22.1 Å². The number of aromatic nitrogens is 1. The number of methoxy groups -OCH3 is 1. The summed E-state index contributed by atoms with van der Waals surface area (Å²) in [5, 5.41) is 0.938. The van der Waals surface area contributed by atoms with Crippen LogP contribution in [0.5, 0.6) is 11.5 Å². The van der Waals surface area contributed by atoms with Crippen LogP contribution in [-0.2, 0) is 0 Å². The average Bonchev–Trinajstić information content (AvgIpc) is 3.20. The van der Waals surface area contributed by atoms with Gasteiger partial charge in [0.25, 0.3) is 0 Å². The standard InChI is InChI=1S/C24H18F3NO2S/c1-29-20-12-13-21-22(14-20)31-23(28-21)18-8-4-16(5-9-18)2-3-17-6-10-19(11-7-17)30-15-24(25,26)27/h2-14H,15H2,1H3. The van der Waals surface area contributed by atoms with Crippen molar-refractivity contribution in [1.29, 1.82) is 0 Å². The maximum atomic E-state index is 12.2. The fourth-order valence-corrected chi connectivity index (χ4v) is 3.92. The van der Waals surface area contributed by atoms with Crippen molar-refractivity contribution in [3.63, 3.8) is 0 Å². The predicted molar refractivity (Wildman–Crippen MR) is 119 cm³/mol. The third kappa shape index (κ3) is 5.44. The number of hydrogen-bond donors (Lipinski definition) is 0. The van der Waals surface area contributed by atoms with Crippen molar-refractivity contribution >= 4 is 33.7 Å². The Morgan fingerprint density at radius 1 is 0.871 bits per heavy atom. The largest absolute Gasteiger partial charge is 0.497 e. The van der Waals surface area contributed by atoms with Gasteiger partial charge in [-0.25, -0.2) is 4.98 Å². The van der Waals surface area contributed by atoms with Crippen LogP contribution in [0.4, 0.5) is 13.2 Å². The Balaban J connectivity index is 1.43. The molecule has 3 aromatic carbocycles. The van der Waals surface area contributed by atoms with Gasteiger partial charge in [0.05, 0.1) is 17.3 Å². The second-order valence-electron chi connectivity index (χ2n) is 6.78. The molecule has 0 aliphatic rings. The highest BCUT2D eigenvalue weighted by Crippen LogP contribution is 2.32. The highest BCUT2D eigenvalue weighted by molar-refractivity contribution is 7.21. The van der Waals surface area contributed by atoms with Crippen LogP contribution < -0.4 is 9.47 Å². The molecule has 0 saturated carbocycles. The zero-order chi connectivity index (χ0) is 21.8. The van der Waals surface area contributed by atoms with E-state index in [0.29, 0.717) is 0 Å². The Bertz CT molecular complexity index is 1200. The van der Waals surface area contributed by atoms with Crippen molar-refractivity contribution in [2.24, 2.45) is 0 Å². The zero-order valence-electron chi connectivity index (χ0n) is 16.5. The Labute approximate surface area is 181 Å². The Morgan fingerprint density at radius 2 is 1.48 bits per heavy atom. The van der Waals surface area contributed by atoms with Gasteiger partial charge in [-0.3, -0.25) is 0 Å². The van der Waals surface area contributed by atoms with E-state index in [1.807, 2.05) is 54.6 Å². The van der Waals surface area contributed by atoms with Gasteiger partial charge in [-0.05, 0) is 41.5 Å². The maximum Gasteiger partial charge on any atom is 0.422 e. The molecule has 1 heterocycles. The Morgan fingerprint density at radius 3 is 2.10 bits per heavy atom. The number of rotatable bonds is 6. The van der Waals surface area contributed by atoms with Gasteiger partial charge in [-0.1, -0.05) is 48.6 Å². The molecule has 3 nitrogen and oxygen atoms in total. The molecule has 0 N–H and O–H groups in total. The van der Waals surface area contributed by atoms with Crippen LogP contribution in [-0.4, -0.2) is 24.9 Å². The van der Waals surface area contributed by atoms with Crippen LogP contribution in [0.25, 0.3) is 32.9 Å². The smallest absolute Gasteiger partial charge is 0.422 e. The van der Waals surface area contributed by atoms with Crippen LogP contribution in [0.1, 0.15) is 11.1 Å². The average molecular weight is 441 g/mol. The second kappa shape index (κ2) is 8.81. The molecule has 7 heteroatoms. The highest BCUT2D eigenvalue weighted by atomic mass is 32.1. The molecular formula is C24H18F3NO2S. The summed E-state index contributed by atoms with van der Waals surface area (Å²) >= 11 is 1.61. The second-order valence-corrected chi connectivity index (χ2v) is 7.81. The highest BCUT2D eigenvalue weighted by Gasteiger charge is 2.28. The first-order valence-corrected chi connectivity index (χ1v) is 10.2. The fraction of sp³-hybridized carbons (Fsp3) is 0.125. The van der Waals surface area contributed by atoms with Gasteiger partial charge in [-0.15, -0.1) is 11.3 Å². The minimum absolute atomic E-state index is 0.187. The first-order valence-electron chi connectivity index (χ1n) is 9.42. The molecule has 31 heavy (non-hydrogen) atoms. The molecule has 0 saturated heterocycles. The normalized spacial score (nSPS) is 11.9. The predicted octanol–water partition coefficient (Wildman–Crippen LogP) is 7.08. The molecule has 0 fully saturated rings. The van der Waals surface area contributed by atoms with Crippen molar-refractivity contribution < 1.29 is 22.6 Å². The first-order chi connectivity index (χ1) is 14.9. The van der Waals surface area contributed by atoms with E-state index in [4.69, 9.17) is 9.47 Å². The van der Waals surface area contributed by atoms with E-state index in [9.17, 15) is 13.2 Å². The number of nitrogens with zero attached hydrogens (tertiary/aromatic N) is 1. The lowest BCUT2D eigenvalue weighted by molar-refractivity contribution is -0.153. The number of hydrogen-bond acceptors (Lipinski definition) is 4. The number of ether oxygens (including phenoxy) is 2. The quantitative estimate of drug-likeness (QED) is 0.300. The summed E-state index contributed by atoms with van der Waals surface area (Å²) in [6.07, 6.45) is -0.506. The summed E-state index contributed by atoms with van der Waals surface area (Å²) in [5.41, 5.74) is 3.84. The number of halogens is 3. The maximum absolute atomic E-state index is 12.2. The number of thiazole rings is 1. The molecule has 0 unspecified atom stereocenters.